The van der Waals surface area contributed by atoms with Gasteiger partial charge in [0.2, 0.25) is 10.5 Å². The van der Waals surface area contributed by atoms with Crippen molar-refractivity contribution in [2.45, 2.75) is 45.2 Å². The molecule has 0 atom stereocenters. The summed E-state index contributed by atoms with van der Waals surface area (Å²) in [6.45, 7) is 1.43. The second kappa shape index (κ2) is 12.8. The van der Waals surface area contributed by atoms with E-state index in [0.717, 1.165) is 43.5 Å². The maximum atomic E-state index is 6.03. The fourth-order valence-electron chi connectivity index (χ4n) is 3.68. The molecule has 33 heavy (non-hydrogen) atoms. The predicted octanol–water partition coefficient (Wildman–Crippen LogP) is -3.93. The van der Waals surface area contributed by atoms with E-state index < -0.39 is 0 Å². The summed E-state index contributed by atoms with van der Waals surface area (Å²) in [7, 11) is 0. The van der Waals surface area contributed by atoms with E-state index in [9.17, 15) is 0 Å². The lowest BCUT2D eigenvalue weighted by Crippen LogP contribution is -3.00. The number of nitrogens with zero attached hydrogens (tertiary/aromatic N) is 4. The van der Waals surface area contributed by atoms with E-state index in [0.29, 0.717) is 24.9 Å². The Hall–Kier alpha value is -3.10. The van der Waals surface area contributed by atoms with Gasteiger partial charge in [-0.2, -0.15) is 0 Å². The maximum Gasteiger partial charge on any atom is 0.296 e. The number of aryl methyl sites for hydroxylation is 4. The highest BCUT2D eigenvalue weighted by Gasteiger charge is 2.25. The van der Waals surface area contributed by atoms with E-state index in [2.05, 4.69) is 34.8 Å². The van der Waals surface area contributed by atoms with Crippen molar-refractivity contribution in [2.24, 2.45) is 0 Å². The number of anilines is 2. The first-order chi connectivity index (χ1) is 15.2. The van der Waals surface area contributed by atoms with Crippen molar-refractivity contribution in [3.63, 3.8) is 0 Å². The van der Waals surface area contributed by atoms with Crippen LogP contribution in [0.2, 0.25) is 0 Å². The molecule has 0 spiro atoms. The van der Waals surface area contributed by atoms with Gasteiger partial charge < -0.3 is 36.3 Å². The molecule has 4 N–H and O–H groups in total. The summed E-state index contributed by atoms with van der Waals surface area (Å²) in [5.74, 6) is 0.728. The third-order valence-electron chi connectivity index (χ3n) is 5.40. The fourth-order valence-corrected chi connectivity index (χ4v) is 3.68. The first-order valence-corrected chi connectivity index (χ1v) is 10.6. The molecule has 2 aromatic carbocycles. The summed E-state index contributed by atoms with van der Waals surface area (Å²) >= 11 is 0. The molecule has 0 aliphatic heterocycles. The third-order valence-corrected chi connectivity index (χ3v) is 5.40. The van der Waals surface area contributed by atoms with Crippen LogP contribution in [0.25, 0.3) is 0 Å². The molecule has 0 aliphatic rings. The molecule has 4 aromatic rings. The van der Waals surface area contributed by atoms with Crippen molar-refractivity contribution in [1.82, 2.24) is 10.5 Å². The molecule has 0 radical (unpaired) electrons. The summed E-state index contributed by atoms with van der Waals surface area (Å²) < 4.78 is 14.2. The van der Waals surface area contributed by atoms with Gasteiger partial charge in [0, 0.05) is 25.7 Å². The van der Waals surface area contributed by atoms with Crippen LogP contribution < -0.4 is 45.6 Å². The Morgan fingerprint density at radius 2 is 1.00 bits per heavy atom. The van der Waals surface area contributed by atoms with Crippen LogP contribution in [-0.4, -0.2) is 10.5 Å². The molecule has 2 aromatic heterocycles. The first-order valence-electron chi connectivity index (χ1n) is 10.6. The Morgan fingerprint density at radius 1 is 0.606 bits per heavy atom. The van der Waals surface area contributed by atoms with E-state index in [1.54, 1.807) is 0 Å². The number of nitrogen functional groups attached to an aromatic ring is 2. The number of hydrogen-bond acceptors (Lipinski definition) is 6. The van der Waals surface area contributed by atoms with E-state index in [-0.39, 0.29) is 24.8 Å². The van der Waals surface area contributed by atoms with Gasteiger partial charge in [0.25, 0.3) is 23.2 Å². The smallest absolute Gasteiger partial charge is 0.296 e. The van der Waals surface area contributed by atoms with Gasteiger partial charge in [-0.05, 0) is 26.9 Å². The standard InChI is InChI=1S/C23H28N6O2.2ClH/c24-22-20(28(26-30-22)16-14-18-8-3-1-4-9-18)12-7-13-21-23(25)31-27-29(21)17-15-19-10-5-2-6-11-19;;/h1-6,8-11H,7,12-17,24-25H2;2*1H/q+2;;/p-2. The van der Waals surface area contributed by atoms with Crippen LogP contribution in [0, 0.1) is 0 Å². The Morgan fingerprint density at radius 3 is 1.39 bits per heavy atom. The quantitative estimate of drug-likeness (QED) is 0.219. The zero-order valence-corrected chi connectivity index (χ0v) is 19.8. The molecule has 0 aliphatic carbocycles. The maximum absolute atomic E-state index is 6.03. The van der Waals surface area contributed by atoms with Crippen LogP contribution in [0.5, 0.6) is 0 Å². The highest BCUT2D eigenvalue weighted by Crippen LogP contribution is 2.13. The summed E-state index contributed by atoms with van der Waals surface area (Å²) in [5.41, 5.74) is 16.4. The summed E-state index contributed by atoms with van der Waals surface area (Å²) in [4.78, 5) is 0. The van der Waals surface area contributed by atoms with Crippen molar-refractivity contribution < 1.29 is 43.2 Å². The lowest BCUT2D eigenvalue weighted by Gasteiger charge is -1.98. The van der Waals surface area contributed by atoms with Gasteiger partial charge in [0.15, 0.2) is 13.1 Å². The highest BCUT2D eigenvalue weighted by molar-refractivity contribution is 5.27. The van der Waals surface area contributed by atoms with Crippen LogP contribution in [0.1, 0.15) is 28.9 Å². The minimum absolute atomic E-state index is 0. The van der Waals surface area contributed by atoms with E-state index in [1.165, 1.54) is 11.1 Å². The number of nitrogens with two attached hydrogens (primary N) is 2. The molecular weight excluding hydrogens is 463 g/mol. The molecule has 176 valence electrons. The fraction of sp³-hybridized carbons (Fsp3) is 0.304. The number of benzene rings is 2. The minimum Gasteiger partial charge on any atom is -1.00 e. The van der Waals surface area contributed by atoms with Crippen LogP contribution >= 0.6 is 0 Å². The van der Waals surface area contributed by atoms with E-state index in [1.807, 2.05) is 45.8 Å². The predicted molar refractivity (Wildman–Crippen MR) is 115 cm³/mol. The Balaban J connectivity index is 0.00000193. The van der Waals surface area contributed by atoms with Gasteiger partial charge in [-0.3, -0.25) is 9.05 Å². The van der Waals surface area contributed by atoms with Gasteiger partial charge in [-0.15, -0.1) is 0 Å². The van der Waals surface area contributed by atoms with Gasteiger partial charge in [0.05, 0.1) is 0 Å². The van der Waals surface area contributed by atoms with Crippen molar-refractivity contribution in [2.75, 3.05) is 11.5 Å². The monoisotopic (exact) mass is 490 g/mol. The van der Waals surface area contributed by atoms with Gasteiger partial charge in [0.1, 0.15) is 0 Å². The summed E-state index contributed by atoms with van der Waals surface area (Å²) in [6, 6.07) is 20.6. The molecule has 8 nitrogen and oxygen atoms in total. The zero-order valence-electron chi connectivity index (χ0n) is 18.2. The van der Waals surface area contributed by atoms with E-state index in [4.69, 9.17) is 20.5 Å². The second-order valence-corrected chi connectivity index (χ2v) is 7.54. The van der Waals surface area contributed by atoms with Crippen molar-refractivity contribution in [1.29, 1.82) is 0 Å². The molecule has 2 heterocycles. The molecule has 0 saturated heterocycles. The molecule has 10 heteroatoms. The van der Waals surface area contributed by atoms with Crippen LogP contribution in [0.3, 0.4) is 0 Å². The van der Waals surface area contributed by atoms with Crippen molar-refractivity contribution in [3.05, 3.63) is 83.2 Å². The molecule has 0 saturated carbocycles. The van der Waals surface area contributed by atoms with Crippen LogP contribution in [0.4, 0.5) is 11.8 Å². The molecule has 0 fully saturated rings. The van der Waals surface area contributed by atoms with Crippen LogP contribution in [-0.2, 0) is 38.8 Å². The number of halogens is 2. The Kier molecular flexibility index (Phi) is 10.2. The SMILES string of the molecule is Nc1on[n+](CCc2ccccc2)c1CCCc1c(N)on[n+]1CCc1ccccc1.[Cl-].[Cl-]. The largest absolute Gasteiger partial charge is 1.00 e. The molecular formula is C23H28Cl2N6O2. The lowest BCUT2D eigenvalue weighted by atomic mass is 10.1. The van der Waals surface area contributed by atoms with Crippen molar-refractivity contribution >= 4 is 11.8 Å². The topological polar surface area (TPSA) is 112 Å². The molecule has 4 rings (SSSR count). The molecule has 0 unspecified atom stereocenters. The first kappa shape index (κ1) is 26.2. The van der Waals surface area contributed by atoms with Gasteiger partial charge in [-0.1, -0.05) is 60.7 Å². The summed E-state index contributed by atoms with van der Waals surface area (Å²) in [5, 5.41) is 8.20. The average Bonchev–Trinajstić information content (AvgIpc) is 3.34. The number of aromatic nitrogens is 4. The molecule has 0 amide bonds. The van der Waals surface area contributed by atoms with Gasteiger partial charge in [-0.25, -0.2) is 0 Å². The van der Waals surface area contributed by atoms with Crippen molar-refractivity contribution in [3.8, 4) is 0 Å². The van der Waals surface area contributed by atoms with Crippen LogP contribution in [0.15, 0.2) is 69.7 Å². The lowest BCUT2D eigenvalue weighted by molar-refractivity contribution is -0.768. The Labute approximate surface area is 205 Å². The molecule has 0 bridgehead atoms. The highest BCUT2D eigenvalue weighted by atomic mass is 35.5. The summed E-state index contributed by atoms with van der Waals surface area (Å²) in [6.07, 6.45) is 4.01. The number of hydrogen-bond donors (Lipinski definition) is 2. The second-order valence-electron chi connectivity index (χ2n) is 7.54. The van der Waals surface area contributed by atoms with Gasteiger partial charge >= 0.3 is 0 Å². The minimum atomic E-state index is 0. The van der Waals surface area contributed by atoms with E-state index >= 15 is 0 Å². The third kappa shape index (κ3) is 6.94. The Bertz CT molecular complexity index is 1020. The number of rotatable bonds is 10. The normalized spacial score (nSPS) is 10.4. The zero-order chi connectivity index (χ0) is 21.5. The average molecular weight is 491 g/mol.